The van der Waals surface area contributed by atoms with Crippen LogP contribution in [0.15, 0.2) is 91.5 Å². The molecule has 2 aromatic carbocycles. The molecule has 0 bridgehead atoms. The summed E-state index contributed by atoms with van der Waals surface area (Å²) in [5, 5.41) is 10.9. The number of amides is 1. The molecule has 3 N–H and O–H groups in total. The number of aromatic nitrogens is 3. The van der Waals surface area contributed by atoms with Crippen molar-refractivity contribution in [2.75, 3.05) is 16.0 Å². The number of aryl methyl sites for hydroxylation is 2. The predicted octanol–water partition coefficient (Wildman–Crippen LogP) is 6.25. The fourth-order valence-corrected chi connectivity index (χ4v) is 4.52. The van der Waals surface area contributed by atoms with E-state index < -0.39 is 0 Å². The highest BCUT2D eigenvalue weighted by Gasteiger charge is 2.14. The minimum atomic E-state index is -0.221. The number of benzene rings is 2. The van der Waals surface area contributed by atoms with Gasteiger partial charge in [-0.3, -0.25) is 14.8 Å². The number of pyridine rings is 3. The lowest BCUT2D eigenvalue weighted by Crippen LogP contribution is -2.14. The third kappa shape index (κ3) is 4.46. The molecule has 1 aliphatic rings. The number of para-hydroxylation sites is 1. The second-order valence-corrected chi connectivity index (χ2v) is 8.77. The van der Waals surface area contributed by atoms with E-state index in [9.17, 15) is 4.79 Å². The van der Waals surface area contributed by atoms with Crippen molar-refractivity contribution >= 4 is 45.4 Å². The van der Waals surface area contributed by atoms with E-state index >= 15 is 0 Å². The number of carbonyl (C=O) groups is 1. The van der Waals surface area contributed by atoms with Gasteiger partial charge in [-0.1, -0.05) is 24.3 Å². The monoisotopic (exact) mass is 472 g/mol. The van der Waals surface area contributed by atoms with Gasteiger partial charge >= 0.3 is 0 Å². The van der Waals surface area contributed by atoms with Gasteiger partial charge in [0.25, 0.3) is 5.91 Å². The van der Waals surface area contributed by atoms with Gasteiger partial charge in [-0.25, -0.2) is 4.98 Å². The summed E-state index contributed by atoms with van der Waals surface area (Å²) in [6.45, 7) is 0. The van der Waals surface area contributed by atoms with Crippen molar-refractivity contribution in [1.82, 2.24) is 15.0 Å². The maximum absolute atomic E-state index is 13.1. The summed E-state index contributed by atoms with van der Waals surface area (Å²) in [7, 11) is 0. The van der Waals surface area contributed by atoms with Crippen molar-refractivity contribution < 1.29 is 4.79 Å². The summed E-state index contributed by atoms with van der Waals surface area (Å²) in [6.07, 6.45) is 10.2. The molecule has 0 saturated carbocycles. The number of carbonyl (C=O) groups excluding carboxylic acids is 1. The molecule has 36 heavy (non-hydrogen) atoms. The second-order valence-electron chi connectivity index (χ2n) is 8.77. The Bertz CT molecular complexity index is 1580. The third-order valence-corrected chi connectivity index (χ3v) is 6.35. The predicted molar refractivity (Wildman–Crippen MR) is 143 cm³/mol. The van der Waals surface area contributed by atoms with Crippen molar-refractivity contribution in [1.29, 1.82) is 0 Å². The van der Waals surface area contributed by atoms with Crippen LogP contribution in [0.3, 0.4) is 0 Å². The molecule has 5 aromatic rings. The number of hydrogen-bond donors (Lipinski definition) is 3. The van der Waals surface area contributed by atoms with Crippen LogP contribution in [0.4, 0.5) is 28.6 Å². The van der Waals surface area contributed by atoms with Crippen LogP contribution in [-0.2, 0) is 12.8 Å². The average Bonchev–Trinajstić information content (AvgIpc) is 2.90. The van der Waals surface area contributed by atoms with Crippen molar-refractivity contribution in [2.45, 2.75) is 19.3 Å². The van der Waals surface area contributed by atoms with Crippen LogP contribution < -0.4 is 16.0 Å². The molecule has 0 unspecified atom stereocenters. The van der Waals surface area contributed by atoms with Crippen molar-refractivity contribution in [3.05, 3.63) is 108 Å². The van der Waals surface area contributed by atoms with Gasteiger partial charge in [0.2, 0.25) is 0 Å². The van der Waals surface area contributed by atoms with Gasteiger partial charge in [-0.2, -0.15) is 0 Å². The Kier molecular flexibility index (Phi) is 5.71. The lowest BCUT2D eigenvalue weighted by atomic mass is 10.0. The van der Waals surface area contributed by atoms with E-state index in [1.54, 1.807) is 18.5 Å². The van der Waals surface area contributed by atoms with Crippen LogP contribution in [0, 0.1) is 0 Å². The first kappa shape index (κ1) is 21.7. The number of nitrogens with one attached hydrogen (secondary N) is 3. The van der Waals surface area contributed by atoms with E-state index in [4.69, 9.17) is 0 Å². The molecule has 3 aromatic heterocycles. The normalized spacial score (nSPS) is 12.4. The molecule has 6 rings (SSSR count). The Morgan fingerprint density at radius 2 is 1.72 bits per heavy atom. The first-order chi connectivity index (χ1) is 17.7. The first-order valence-electron chi connectivity index (χ1n) is 11.9. The van der Waals surface area contributed by atoms with E-state index in [0.717, 1.165) is 58.5 Å². The van der Waals surface area contributed by atoms with Gasteiger partial charge < -0.3 is 16.0 Å². The molecular weight excluding hydrogens is 448 g/mol. The van der Waals surface area contributed by atoms with Crippen LogP contribution in [0.5, 0.6) is 0 Å². The molecule has 1 amide bonds. The summed E-state index contributed by atoms with van der Waals surface area (Å²) in [4.78, 5) is 26.3. The maximum atomic E-state index is 13.1. The fourth-order valence-electron chi connectivity index (χ4n) is 4.52. The fraction of sp³-hybridized carbons (Fsp3) is 0.103. The van der Waals surface area contributed by atoms with E-state index in [1.165, 1.54) is 5.56 Å². The zero-order valence-electron chi connectivity index (χ0n) is 19.5. The number of fused-ring (bicyclic) bond motifs is 3. The second kappa shape index (κ2) is 9.46. The molecule has 0 spiro atoms. The number of hydrogen-bond acceptors (Lipinski definition) is 6. The Balaban J connectivity index is 1.22. The lowest BCUT2D eigenvalue weighted by molar-refractivity contribution is 0.102. The molecule has 7 heteroatoms. The van der Waals surface area contributed by atoms with Crippen molar-refractivity contribution in [3.63, 3.8) is 0 Å². The van der Waals surface area contributed by atoms with E-state index in [0.29, 0.717) is 11.4 Å². The van der Waals surface area contributed by atoms with Crippen LogP contribution in [0.2, 0.25) is 0 Å². The van der Waals surface area contributed by atoms with Crippen molar-refractivity contribution in [2.24, 2.45) is 0 Å². The van der Waals surface area contributed by atoms with Crippen LogP contribution in [-0.4, -0.2) is 20.9 Å². The molecule has 0 fully saturated rings. The Hall–Kier alpha value is -4.78. The Labute approximate surface area is 208 Å². The highest BCUT2D eigenvalue weighted by atomic mass is 16.1. The van der Waals surface area contributed by atoms with Crippen molar-refractivity contribution in [3.8, 4) is 0 Å². The Morgan fingerprint density at radius 3 is 2.67 bits per heavy atom. The maximum Gasteiger partial charge on any atom is 0.256 e. The van der Waals surface area contributed by atoms with E-state index in [2.05, 4.69) is 30.9 Å². The molecule has 0 aliphatic carbocycles. The minimum absolute atomic E-state index is 0.221. The molecule has 0 atom stereocenters. The smallest absolute Gasteiger partial charge is 0.256 e. The molecule has 4 heterocycles. The zero-order chi connectivity index (χ0) is 24.3. The van der Waals surface area contributed by atoms with Gasteiger partial charge in [0.05, 0.1) is 5.52 Å². The standard InChI is InChI=1S/C29H24N6O/c36-29(19-5-4-8-22(15-19)33-26-12-14-31-25-10-2-1-9-23(25)26)35-28-16-27-21(18-32-28)7-3-6-20-17-30-13-11-24(20)34-27/h1-2,4-5,8-18,34H,3,6-7H2,(H,31,33)(H,32,35,36). The summed E-state index contributed by atoms with van der Waals surface area (Å²) in [5.41, 5.74) is 7.51. The Morgan fingerprint density at radius 1 is 0.833 bits per heavy atom. The highest BCUT2D eigenvalue weighted by molar-refractivity contribution is 6.05. The molecule has 1 aliphatic heterocycles. The summed E-state index contributed by atoms with van der Waals surface area (Å²) in [5.74, 6) is 0.280. The van der Waals surface area contributed by atoms with Crippen LogP contribution in [0.1, 0.15) is 27.9 Å². The summed E-state index contributed by atoms with van der Waals surface area (Å²) in [6, 6.07) is 21.2. The minimum Gasteiger partial charge on any atom is -0.355 e. The van der Waals surface area contributed by atoms with Gasteiger partial charge in [0, 0.05) is 64.6 Å². The lowest BCUT2D eigenvalue weighted by Gasteiger charge is -2.19. The molecule has 176 valence electrons. The van der Waals surface area contributed by atoms with E-state index in [-0.39, 0.29) is 5.91 Å². The SMILES string of the molecule is O=C(Nc1cc2c(cn1)CCCc1cnccc1N2)c1cccc(Nc2ccnc3ccccc23)c1. The summed E-state index contributed by atoms with van der Waals surface area (Å²) >= 11 is 0. The number of rotatable bonds is 4. The van der Waals surface area contributed by atoms with Gasteiger partial charge in [0.1, 0.15) is 5.82 Å². The van der Waals surface area contributed by atoms with Gasteiger partial charge in [-0.15, -0.1) is 0 Å². The number of nitrogens with zero attached hydrogens (tertiary/aromatic N) is 3. The largest absolute Gasteiger partial charge is 0.355 e. The van der Waals surface area contributed by atoms with Crippen LogP contribution >= 0.6 is 0 Å². The van der Waals surface area contributed by atoms with Gasteiger partial charge in [0.15, 0.2) is 0 Å². The molecule has 7 nitrogen and oxygen atoms in total. The molecular formula is C29H24N6O. The summed E-state index contributed by atoms with van der Waals surface area (Å²) < 4.78 is 0. The van der Waals surface area contributed by atoms with Crippen LogP contribution in [0.25, 0.3) is 10.9 Å². The number of anilines is 5. The zero-order valence-corrected chi connectivity index (χ0v) is 19.5. The first-order valence-corrected chi connectivity index (χ1v) is 11.9. The quantitative estimate of drug-likeness (QED) is 0.286. The van der Waals surface area contributed by atoms with E-state index in [1.807, 2.05) is 73.1 Å². The third-order valence-electron chi connectivity index (χ3n) is 6.35. The highest BCUT2D eigenvalue weighted by Crippen LogP contribution is 2.30. The molecule has 0 saturated heterocycles. The topological polar surface area (TPSA) is 91.8 Å². The average molecular weight is 473 g/mol. The molecule has 0 radical (unpaired) electrons. The van der Waals surface area contributed by atoms with Gasteiger partial charge in [-0.05, 0) is 66.8 Å².